The Bertz CT molecular complexity index is 1140. The van der Waals surface area contributed by atoms with Crippen molar-refractivity contribution in [1.29, 1.82) is 0 Å². The quantitative estimate of drug-likeness (QED) is 0.530. The number of methoxy groups -OCH3 is 2. The highest BCUT2D eigenvalue weighted by molar-refractivity contribution is 5.96. The molecule has 182 valence electrons. The summed E-state index contributed by atoms with van der Waals surface area (Å²) in [6.45, 7) is 1.29. The van der Waals surface area contributed by atoms with Crippen LogP contribution in [-0.4, -0.2) is 54.0 Å². The van der Waals surface area contributed by atoms with Gasteiger partial charge in [-0.1, -0.05) is 0 Å². The molecule has 0 spiro atoms. The normalized spacial score (nSPS) is 13.7. The molecule has 1 saturated heterocycles. The van der Waals surface area contributed by atoms with Gasteiger partial charge in [-0.25, -0.2) is 4.98 Å². The van der Waals surface area contributed by atoms with Crippen LogP contribution in [0.3, 0.4) is 0 Å². The smallest absolute Gasteiger partial charge is 0.254 e. The number of hydrogen-bond acceptors (Lipinski definition) is 7. The number of piperidine rings is 1. The number of benzene rings is 1. The van der Waals surface area contributed by atoms with E-state index in [-0.39, 0.29) is 17.7 Å². The lowest BCUT2D eigenvalue weighted by atomic mass is 9.95. The minimum Gasteiger partial charge on any atom is -0.497 e. The molecule has 4 rings (SSSR count). The molecule has 9 nitrogen and oxygen atoms in total. The van der Waals surface area contributed by atoms with Gasteiger partial charge in [-0.05, 0) is 54.8 Å². The molecule has 1 fully saturated rings. The van der Waals surface area contributed by atoms with Crippen LogP contribution in [0, 0.1) is 5.92 Å². The van der Waals surface area contributed by atoms with E-state index in [1.54, 1.807) is 68.0 Å². The number of aromatic nitrogens is 2. The zero-order chi connectivity index (χ0) is 24.6. The van der Waals surface area contributed by atoms with Crippen molar-refractivity contribution < 1.29 is 23.8 Å². The van der Waals surface area contributed by atoms with Gasteiger partial charge in [0.25, 0.3) is 5.91 Å². The van der Waals surface area contributed by atoms with Crippen LogP contribution in [0.2, 0.25) is 0 Å². The summed E-state index contributed by atoms with van der Waals surface area (Å²) >= 11 is 0. The van der Waals surface area contributed by atoms with Crippen LogP contribution in [0.15, 0.2) is 61.1 Å². The van der Waals surface area contributed by atoms with Crippen LogP contribution < -0.4 is 19.5 Å². The predicted octanol–water partition coefficient (Wildman–Crippen LogP) is 3.56. The lowest BCUT2D eigenvalue weighted by molar-refractivity contribution is -0.121. The molecule has 3 heterocycles. The Morgan fingerprint density at radius 3 is 2.34 bits per heavy atom. The van der Waals surface area contributed by atoms with Crippen LogP contribution in [-0.2, 0) is 11.4 Å². The number of hydrogen-bond donors (Lipinski definition) is 1. The standard InChI is InChI=1S/C26H28N4O5/c1-33-21-14-20(15-22(16-21)34-2)26(32)30-12-7-19(8-13-30)25(31)29-24-23(4-3-9-28-24)35-17-18-5-10-27-11-6-18/h3-6,9-11,14-16,19H,7-8,12-13,17H2,1-2H3,(H,28,29,31). The average molecular weight is 477 g/mol. The number of pyridine rings is 2. The SMILES string of the molecule is COc1cc(OC)cc(C(=O)N2CCC(C(=O)Nc3ncccc3OCc3ccncc3)CC2)c1. The number of rotatable bonds is 8. The number of amides is 2. The number of nitrogens with one attached hydrogen (secondary N) is 1. The fraction of sp³-hybridized carbons (Fsp3) is 0.308. The molecule has 1 N–H and O–H groups in total. The molecule has 2 aromatic heterocycles. The lowest BCUT2D eigenvalue weighted by Crippen LogP contribution is -2.41. The number of likely N-dealkylation sites (tertiary alicyclic amines) is 1. The van der Waals surface area contributed by atoms with E-state index in [9.17, 15) is 9.59 Å². The maximum absolute atomic E-state index is 13.0. The van der Waals surface area contributed by atoms with Crippen LogP contribution in [0.1, 0.15) is 28.8 Å². The molecule has 9 heteroatoms. The molecule has 35 heavy (non-hydrogen) atoms. The molecule has 2 amide bonds. The summed E-state index contributed by atoms with van der Waals surface area (Å²) in [6.07, 6.45) is 6.12. The topological polar surface area (TPSA) is 103 Å². The molecule has 1 aromatic carbocycles. The van der Waals surface area contributed by atoms with Gasteiger partial charge < -0.3 is 24.4 Å². The lowest BCUT2D eigenvalue weighted by Gasteiger charge is -2.31. The van der Waals surface area contributed by atoms with Gasteiger partial charge >= 0.3 is 0 Å². The van der Waals surface area contributed by atoms with Crippen molar-refractivity contribution in [2.75, 3.05) is 32.6 Å². The number of anilines is 1. The minimum atomic E-state index is -0.228. The monoisotopic (exact) mass is 476 g/mol. The molecule has 1 aliphatic heterocycles. The summed E-state index contributed by atoms with van der Waals surface area (Å²) in [5.41, 5.74) is 1.46. The Kier molecular flexibility index (Phi) is 7.77. The largest absolute Gasteiger partial charge is 0.497 e. The Hall–Kier alpha value is -4.14. The minimum absolute atomic E-state index is 0.113. The molecule has 1 aliphatic rings. The van der Waals surface area contributed by atoms with Crippen LogP contribution in [0.25, 0.3) is 0 Å². The van der Waals surface area contributed by atoms with E-state index in [2.05, 4.69) is 15.3 Å². The molecule has 0 atom stereocenters. The average Bonchev–Trinajstić information content (AvgIpc) is 2.92. The first-order valence-corrected chi connectivity index (χ1v) is 11.4. The van der Waals surface area contributed by atoms with Crippen molar-refractivity contribution in [1.82, 2.24) is 14.9 Å². The van der Waals surface area contributed by atoms with Gasteiger partial charge in [-0.15, -0.1) is 0 Å². The fourth-order valence-electron chi connectivity index (χ4n) is 3.92. The maximum Gasteiger partial charge on any atom is 0.254 e. The van der Waals surface area contributed by atoms with E-state index >= 15 is 0 Å². The van der Waals surface area contributed by atoms with Gasteiger partial charge in [0.2, 0.25) is 5.91 Å². The Morgan fingerprint density at radius 1 is 1.00 bits per heavy atom. The van der Waals surface area contributed by atoms with Crippen molar-refractivity contribution in [3.63, 3.8) is 0 Å². The second kappa shape index (κ2) is 11.3. The molecule has 0 radical (unpaired) electrons. The van der Waals surface area contributed by atoms with Gasteiger partial charge in [-0.3, -0.25) is 14.6 Å². The highest BCUT2D eigenvalue weighted by atomic mass is 16.5. The van der Waals surface area contributed by atoms with Crippen LogP contribution >= 0.6 is 0 Å². The van der Waals surface area contributed by atoms with Crippen molar-refractivity contribution in [2.24, 2.45) is 5.92 Å². The summed E-state index contributed by atoms with van der Waals surface area (Å²) in [5, 5.41) is 2.90. The third-order valence-electron chi connectivity index (χ3n) is 5.91. The molecular weight excluding hydrogens is 448 g/mol. The number of ether oxygens (including phenoxy) is 3. The van der Waals surface area contributed by atoms with E-state index < -0.39 is 0 Å². The molecule has 0 saturated carbocycles. The van der Waals surface area contributed by atoms with E-state index in [0.29, 0.717) is 61.2 Å². The van der Waals surface area contributed by atoms with Gasteiger partial charge in [0, 0.05) is 49.2 Å². The third-order valence-corrected chi connectivity index (χ3v) is 5.91. The van der Waals surface area contributed by atoms with Gasteiger partial charge in [0.15, 0.2) is 11.6 Å². The first kappa shape index (κ1) is 24.0. The molecule has 0 unspecified atom stereocenters. The van der Waals surface area contributed by atoms with E-state index in [1.807, 2.05) is 12.1 Å². The summed E-state index contributed by atoms with van der Waals surface area (Å²) in [5.74, 6) is 1.52. The van der Waals surface area contributed by atoms with Crippen molar-refractivity contribution in [2.45, 2.75) is 19.4 Å². The van der Waals surface area contributed by atoms with Crippen molar-refractivity contribution in [3.05, 3.63) is 72.2 Å². The van der Waals surface area contributed by atoms with Crippen LogP contribution in [0.5, 0.6) is 17.2 Å². The number of nitrogens with zero attached hydrogens (tertiary/aromatic N) is 3. The highest BCUT2D eigenvalue weighted by Crippen LogP contribution is 2.27. The zero-order valence-corrected chi connectivity index (χ0v) is 19.8. The van der Waals surface area contributed by atoms with E-state index in [1.165, 1.54) is 0 Å². The Balaban J connectivity index is 1.34. The first-order valence-electron chi connectivity index (χ1n) is 11.4. The molecular formula is C26H28N4O5. The second-order valence-electron chi connectivity index (χ2n) is 8.15. The van der Waals surface area contributed by atoms with Crippen molar-refractivity contribution >= 4 is 17.6 Å². The van der Waals surface area contributed by atoms with E-state index in [4.69, 9.17) is 14.2 Å². The molecule has 0 aliphatic carbocycles. The Morgan fingerprint density at radius 2 is 1.69 bits per heavy atom. The fourth-order valence-corrected chi connectivity index (χ4v) is 3.92. The van der Waals surface area contributed by atoms with E-state index in [0.717, 1.165) is 5.56 Å². The summed E-state index contributed by atoms with van der Waals surface area (Å²) < 4.78 is 16.4. The summed E-state index contributed by atoms with van der Waals surface area (Å²) in [7, 11) is 3.09. The van der Waals surface area contributed by atoms with Gasteiger partial charge in [-0.2, -0.15) is 0 Å². The van der Waals surface area contributed by atoms with Gasteiger partial charge in [0.05, 0.1) is 14.2 Å². The predicted molar refractivity (Wildman–Crippen MR) is 130 cm³/mol. The molecule has 0 bridgehead atoms. The summed E-state index contributed by atoms with van der Waals surface area (Å²) in [4.78, 5) is 36.0. The third kappa shape index (κ3) is 6.06. The Labute approximate surface area is 204 Å². The van der Waals surface area contributed by atoms with Crippen molar-refractivity contribution in [3.8, 4) is 17.2 Å². The zero-order valence-electron chi connectivity index (χ0n) is 19.8. The molecule has 3 aromatic rings. The second-order valence-corrected chi connectivity index (χ2v) is 8.15. The van der Waals surface area contributed by atoms with Gasteiger partial charge in [0.1, 0.15) is 18.1 Å². The summed E-state index contributed by atoms with van der Waals surface area (Å²) in [6, 6.07) is 12.4. The maximum atomic E-state index is 13.0. The number of carbonyl (C=O) groups is 2. The first-order chi connectivity index (χ1) is 17.1. The highest BCUT2D eigenvalue weighted by Gasteiger charge is 2.29. The number of carbonyl (C=O) groups excluding carboxylic acids is 2. The van der Waals surface area contributed by atoms with Crippen LogP contribution in [0.4, 0.5) is 5.82 Å².